The monoisotopic (exact) mass is 649 g/mol. The zero-order valence-electron chi connectivity index (χ0n) is 26.5. The van der Waals surface area contributed by atoms with Gasteiger partial charge in [-0.2, -0.15) is 0 Å². The van der Waals surface area contributed by atoms with E-state index in [4.69, 9.17) is 9.84 Å². The van der Waals surface area contributed by atoms with Gasteiger partial charge < -0.3 is 25.0 Å². The molecule has 2 amide bonds. The van der Waals surface area contributed by atoms with Crippen molar-refractivity contribution in [3.05, 3.63) is 82.9 Å². The number of aliphatic carboxylic acids is 1. The predicted octanol–water partition coefficient (Wildman–Crippen LogP) is 4.18. The van der Waals surface area contributed by atoms with E-state index in [0.717, 1.165) is 15.8 Å². The SMILES string of the molecule is CC(CCCC(=O)O)NC(=O)CCN(N1C(=O)c2ccccc2C12c1ccc(N(C)C)cc1Oc1cc(N(C)C)ccc12)S(=O)O. The Balaban J connectivity index is 1.62. The van der Waals surface area contributed by atoms with Crippen LogP contribution in [0.2, 0.25) is 0 Å². The van der Waals surface area contributed by atoms with Gasteiger partial charge in [-0.1, -0.05) is 30.3 Å². The van der Waals surface area contributed by atoms with E-state index in [0.29, 0.717) is 46.6 Å². The van der Waals surface area contributed by atoms with Gasteiger partial charge in [0.25, 0.3) is 17.2 Å². The van der Waals surface area contributed by atoms with Crippen LogP contribution >= 0.6 is 0 Å². The molecule has 12 nitrogen and oxygen atoms in total. The lowest BCUT2D eigenvalue weighted by Crippen LogP contribution is -2.57. The van der Waals surface area contributed by atoms with Gasteiger partial charge in [-0.25, -0.2) is 9.22 Å². The van der Waals surface area contributed by atoms with Crippen LogP contribution in [0.4, 0.5) is 11.4 Å². The summed E-state index contributed by atoms with van der Waals surface area (Å²) in [5.41, 5.74) is 2.52. The minimum absolute atomic E-state index is 0.00404. The molecule has 3 N–H and O–H groups in total. The Bertz CT molecular complexity index is 1640. The highest BCUT2D eigenvalue weighted by molar-refractivity contribution is 7.76. The molecule has 2 heterocycles. The number of carbonyl (C=O) groups excluding carboxylic acids is 2. The van der Waals surface area contributed by atoms with Crippen LogP contribution in [0.25, 0.3) is 0 Å². The Kier molecular flexibility index (Phi) is 9.38. The molecule has 0 saturated heterocycles. The molecule has 2 unspecified atom stereocenters. The number of ether oxygens (including phenoxy) is 1. The summed E-state index contributed by atoms with van der Waals surface area (Å²) in [6, 6.07) is 18.1. The van der Waals surface area contributed by atoms with E-state index in [-0.39, 0.29) is 25.4 Å². The van der Waals surface area contributed by atoms with Crippen molar-refractivity contribution in [2.75, 3.05) is 44.5 Å². The Morgan fingerprint density at radius 2 is 1.52 bits per heavy atom. The van der Waals surface area contributed by atoms with Crippen LogP contribution in [0, 0.1) is 0 Å². The molecule has 0 aliphatic carbocycles. The molecule has 5 rings (SSSR count). The average Bonchev–Trinajstić information content (AvgIpc) is 3.25. The number of benzene rings is 3. The van der Waals surface area contributed by atoms with Crippen molar-refractivity contribution in [3.8, 4) is 11.5 Å². The van der Waals surface area contributed by atoms with Gasteiger partial charge in [-0.05, 0) is 38.0 Å². The summed E-state index contributed by atoms with van der Waals surface area (Å²) in [5, 5.41) is 13.0. The normalized spacial score (nSPS) is 15.5. The quantitative estimate of drug-likeness (QED) is 0.246. The van der Waals surface area contributed by atoms with Gasteiger partial charge in [0, 0.05) is 99.4 Å². The second kappa shape index (κ2) is 13.1. The van der Waals surface area contributed by atoms with Crippen molar-refractivity contribution in [3.63, 3.8) is 0 Å². The maximum absolute atomic E-state index is 14.4. The van der Waals surface area contributed by atoms with Crippen molar-refractivity contribution in [2.24, 2.45) is 0 Å². The maximum Gasteiger partial charge on any atom is 0.303 e. The number of hydrogen-bond donors (Lipinski definition) is 3. The minimum Gasteiger partial charge on any atom is -0.481 e. The molecular formula is C33H39N5O7S. The predicted molar refractivity (Wildman–Crippen MR) is 175 cm³/mol. The first-order valence-corrected chi connectivity index (χ1v) is 16.1. The molecule has 0 fully saturated rings. The molecule has 0 radical (unpaired) electrons. The van der Waals surface area contributed by atoms with E-state index in [1.165, 1.54) is 5.01 Å². The third-order valence-corrected chi connectivity index (χ3v) is 9.10. The van der Waals surface area contributed by atoms with Gasteiger partial charge in [0.2, 0.25) is 5.91 Å². The molecule has 3 aromatic rings. The molecular weight excluding hydrogens is 610 g/mol. The van der Waals surface area contributed by atoms with E-state index in [1.54, 1.807) is 19.1 Å². The number of rotatable bonds is 12. The average molecular weight is 650 g/mol. The Labute approximate surface area is 270 Å². The molecule has 3 aromatic carbocycles. The number of fused-ring (bicyclic) bond motifs is 6. The Morgan fingerprint density at radius 3 is 2.07 bits per heavy atom. The van der Waals surface area contributed by atoms with E-state index in [1.807, 2.05) is 86.5 Å². The van der Waals surface area contributed by atoms with Gasteiger partial charge in [0.1, 0.15) is 17.0 Å². The molecule has 13 heteroatoms. The largest absolute Gasteiger partial charge is 0.481 e. The van der Waals surface area contributed by atoms with Crippen molar-refractivity contribution >= 4 is 40.4 Å². The molecule has 2 aliphatic rings. The fourth-order valence-corrected chi connectivity index (χ4v) is 6.77. The highest BCUT2D eigenvalue weighted by atomic mass is 32.2. The molecule has 2 atom stereocenters. The van der Waals surface area contributed by atoms with Crippen LogP contribution in [0.1, 0.15) is 59.7 Å². The number of carboxylic acids is 1. The van der Waals surface area contributed by atoms with E-state index in [9.17, 15) is 23.1 Å². The van der Waals surface area contributed by atoms with Crippen LogP contribution in [-0.2, 0) is 26.4 Å². The van der Waals surface area contributed by atoms with Crippen LogP contribution in [0.5, 0.6) is 11.5 Å². The smallest absolute Gasteiger partial charge is 0.303 e. The summed E-state index contributed by atoms with van der Waals surface area (Å²) >= 11 is -2.71. The van der Waals surface area contributed by atoms with Crippen molar-refractivity contribution in [1.82, 2.24) is 14.7 Å². The van der Waals surface area contributed by atoms with Crippen LogP contribution in [0.3, 0.4) is 0 Å². The minimum atomic E-state index is -2.71. The number of hydrazine groups is 1. The first kappa shape index (κ1) is 32.9. The van der Waals surface area contributed by atoms with Crippen LogP contribution in [0.15, 0.2) is 60.7 Å². The number of nitrogens with zero attached hydrogens (tertiary/aromatic N) is 4. The second-order valence-corrected chi connectivity index (χ2v) is 12.8. The molecule has 0 aromatic heterocycles. The van der Waals surface area contributed by atoms with Gasteiger partial charge in [0.05, 0.1) is 0 Å². The zero-order chi connectivity index (χ0) is 33.3. The molecule has 1 spiro atoms. The summed E-state index contributed by atoms with van der Waals surface area (Å²) in [6.45, 7) is 1.52. The molecule has 2 aliphatic heterocycles. The highest BCUT2D eigenvalue weighted by Gasteiger charge is 2.59. The van der Waals surface area contributed by atoms with Crippen molar-refractivity contribution < 1.29 is 33.0 Å². The summed E-state index contributed by atoms with van der Waals surface area (Å²) < 4.78 is 31.5. The maximum atomic E-state index is 14.4. The second-order valence-electron chi connectivity index (χ2n) is 11.9. The third kappa shape index (κ3) is 5.93. The van der Waals surface area contributed by atoms with Crippen molar-refractivity contribution in [2.45, 2.75) is 44.2 Å². The number of carboxylic acid groups (broad SMARTS) is 1. The van der Waals surface area contributed by atoms with Gasteiger partial charge in [-0.3, -0.25) is 18.9 Å². The lowest BCUT2D eigenvalue weighted by atomic mass is 9.75. The fourth-order valence-electron chi connectivity index (χ4n) is 6.18. The topological polar surface area (TPSA) is 143 Å². The van der Waals surface area contributed by atoms with E-state index < -0.39 is 34.6 Å². The molecule has 46 heavy (non-hydrogen) atoms. The number of nitrogens with one attached hydrogen (secondary N) is 1. The van der Waals surface area contributed by atoms with E-state index in [2.05, 4.69) is 5.32 Å². The van der Waals surface area contributed by atoms with Gasteiger partial charge in [0.15, 0.2) is 0 Å². The Morgan fingerprint density at radius 1 is 0.935 bits per heavy atom. The first-order chi connectivity index (χ1) is 21.9. The molecule has 0 saturated carbocycles. The highest BCUT2D eigenvalue weighted by Crippen LogP contribution is 2.58. The Hall–Kier alpha value is -4.46. The lowest BCUT2D eigenvalue weighted by Gasteiger charge is -2.46. The van der Waals surface area contributed by atoms with Crippen molar-refractivity contribution in [1.29, 1.82) is 0 Å². The first-order valence-electron chi connectivity index (χ1n) is 15.0. The summed E-state index contributed by atoms with van der Waals surface area (Å²) in [6.07, 6.45) is 0.670. The number of amides is 2. The van der Waals surface area contributed by atoms with Crippen LogP contribution in [-0.4, -0.2) is 81.9 Å². The van der Waals surface area contributed by atoms with Gasteiger partial charge >= 0.3 is 5.97 Å². The third-order valence-electron chi connectivity index (χ3n) is 8.39. The summed E-state index contributed by atoms with van der Waals surface area (Å²) in [4.78, 5) is 42.1. The standard InChI is InChI=1S/C33H39N5O7S/c1-21(9-8-12-31(40)41)34-30(39)17-18-37(46(43)44)38-32(42)24-10-6-7-11-25(24)33(38)26-15-13-22(35(2)3)19-28(26)45-29-20-23(36(4)5)14-16-27(29)33/h6-7,10-11,13-16,19-21H,8-9,12,17-18H2,1-5H3,(H,34,39)(H,40,41)(H,43,44). The number of hydrogen-bond acceptors (Lipinski definition) is 7. The van der Waals surface area contributed by atoms with Gasteiger partial charge in [-0.15, -0.1) is 4.41 Å². The zero-order valence-corrected chi connectivity index (χ0v) is 27.3. The summed E-state index contributed by atoms with van der Waals surface area (Å²) in [7, 11) is 7.64. The van der Waals surface area contributed by atoms with E-state index >= 15 is 0 Å². The molecule has 0 bridgehead atoms. The van der Waals surface area contributed by atoms with Crippen LogP contribution < -0.4 is 19.9 Å². The number of anilines is 2. The fraction of sp³-hybridized carbons (Fsp3) is 0.364. The lowest BCUT2D eigenvalue weighted by molar-refractivity contribution is -0.137. The molecule has 244 valence electrons. The number of carbonyl (C=O) groups is 3. The summed E-state index contributed by atoms with van der Waals surface area (Å²) in [5.74, 6) is -0.818.